The summed E-state index contributed by atoms with van der Waals surface area (Å²) in [5, 5.41) is 0. The van der Waals surface area contributed by atoms with Gasteiger partial charge >= 0.3 is 0 Å². The van der Waals surface area contributed by atoms with Crippen LogP contribution in [-0.4, -0.2) is 12.3 Å². The normalized spacial score (nSPS) is 21.2. The lowest BCUT2D eigenvalue weighted by Gasteiger charge is -2.21. The molecule has 70 valence electrons. The molecule has 1 aromatic rings. The van der Waals surface area contributed by atoms with Crippen molar-refractivity contribution in [3.63, 3.8) is 0 Å². The lowest BCUT2D eigenvalue weighted by Crippen LogP contribution is -2.27. The molecule has 0 aromatic heterocycles. The van der Waals surface area contributed by atoms with E-state index in [1.165, 1.54) is 16.0 Å². The monoisotopic (exact) mass is 193 g/mol. The lowest BCUT2D eigenvalue weighted by molar-refractivity contribution is 0.575. The molecule has 13 heavy (non-hydrogen) atoms. The molecule has 2 heteroatoms. The van der Waals surface area contributed by atoms with Gasteiger partial charge in [0, 0.05) is 10.9 Å². The average molecular weight is 193 g/mol. The Kier molecular flexibility index (Phi) is 2.61. The van der Waals surface area contributed by atoms with Gasteiger partial charge in [-0.3, -0.25) is 0 Å². The Bertz CT molecular complexity index is 309. The summed E-state index contributed by atoms with van der Waals surface area (Å²) in [7, 11) is 0. The van der Waals surface area contributed by atoms with Crippen LogP contribution in [0.5, 0.6) is 0 Å². The molecule has 0 fully saturated rings. The standard InChI is InChI=1S/C11H15NS/c1-13-11-5-3-8-6-10(12)4-2-9(8)7-11/h3,5,7,10H,2,4,6,12H2,1H3. The highest BCUT2D eigenvalue weighted by Gasteiger charge is 2.14. The summed E-state index contributed by atoms with van der Waals surface area (Å²) in [6.45, 7) is 0. The Morgan fingerprint density at radius 2 is 2.23 bits per heavy atom. The second-order valence-corrected chi connectivity index (χ2v) is 4.52. The van der Waals surface area contributed by atoms with Crippen molar-refractivity contribution < 1.29 is 0 Å². The quantitative estimate of drug-likeness (QED) is 0.692. The van der Waals surface area contributed by atoms with Gasteiger partial charge in [0.2, 0.25) is 0 Å². The van der Waals surface area contributed by atoms with E-state index in [2.05, 4.69) is 24.5 Å². The summed E-state index contributed by atoms with van der Waals surface area (Å²) in [6.07, 6.45) is 5.48. The molecule has 2 rings (SSSR count). The summed E-state index contributed by atoms with van der Waals surface area (Å²) >= 11 is 1.81. The molecular formula is C11H15NS. The fourth-order valence-corrected chi connectivity index (χ4v) is 2.35. The van der Waals surface area contributed by atoms with Crippen LogP contribution in [0.2, 0.25) is 0 Å². The van der Waals surface area contributed by atoms with Gasteiger partial charge in [-0.05, 0) is 48.8 Å². The van der Waals surface area contributed by atoms with E-state index in [4.69, 9.17) is 5.73 Å². The Morgan fingerprint density at radius 1 is 1.38 bits per heavy atom. The summed E-state index contributed by atoms with van der Waals surface area (Å²) in [4.78, 5) is 1.37. The van der Waals surface area contributed by atoms with E-state index in [-0.39, 0.29) is 0 Å². The predicted octanol–water partition coefficient (Wildman–Crippen LogP) is 2.22. The first-order valence-corrected chi connectivity index (χ1v) is 5.93. The van der Waals surface area contributed by atoms with Gasteiger partial charge in [-0.2, -0.15) is 0 Å². The minimum Gasteiger partial charge on any atom is -0.327 e. The molecule has 0 saturated carbocycles. The Morgan fingerprint density at radius 3 is 3.00 bits per heavy atom. The SMILES string of the molecule is CSc1ccc2c(c1)CCC(N)C2. The van der Waals surface area contributed by atoms with Crippen LogP contribution in [0, 0.1) is 0 Å². The minimum absolute atomic E-state index is 0.382. The van der Waals surface area contributed by atoms with Gasteiger partial charge in [0.05, 0.1) is 0 Å². The molecule has 1 aliphatic carbocycles. The topological polar surface area (TPSA) is 26.0 Å². The summed E-state index contributed by atoms with van der Waals surface area (Å²) < 4.78 is 0. The fraction of sp³-hybridized carbons (Fsp3) is 0.455. The molecule has 1 aromatic carbocycles. The second-order valence-electron chi connectivity index (χ2n) is 3.64. The first-order valence-electron chi connectivity index (χ1n) is 4.71. The van der Waals surface area contributed by atoms with E-state index in [1.54, 1.807) is 0 Å². The maximum Gasteiger partial charge on any atom is 0.00825 e. The molecule has 0 radical (unpaired) electrons. The molecule has 2 N–H and O–H groups in total. The molecule has 0 amide bonds. The van der Waals surface area contributed by atoms with Gasteiger partial charge in [0.25, 0.3) is 0 Å². The van der Waals surface area contributed by atoms with Gasteiger partial charge < -0.3 is 5.73 Å². The van der Waals surface area contributed by atoms with Crippen LogP contribution in [0.25, 0.3) is 0 Å². The highest BCUT2D eigenvalue weighted by atomic mass is 32.2. The van der Waals surface area contributed by atoms with Crippen LogP contribution in [0.1, 0.15) is 17.5 Å². The number of benzene rings is 1. The molecule has 1 aliphatic rings. The number of nitrogens with two attached hydrogens (primary N) is 1. The Balaban J connectivity index is 2.31. The van der Waals surface area contributed by atoms with Crippen molar-refractivity contribution in [2.24, 2.45) is 5.73 Å². The minimum atomic E-state index is 0.382. The van der Waals surface area contributed by atoms with Crippen molar-refractivity contribution in [2.45, 2.75) is 30.2 Å². The molecule has 0 spiro atoms. The summed E-state index contributed by atoms with van der Waals surface area (Å²) in [6, 6.07) is 7.13. The fourth-order valence-electron chi connectivity index (χ4n) is 1.89. The number of thioether (sulfide) groups is 1. The molecule has 1 atom stereocenters. The van der Waals surface area contributed by atoms with E-state index in [1.807, 2.05) is 11.8 Å². The summed E-state index contributed by atoms with van der Waals surface area (Å²) in [5.74, 6) is 0. The predicted molar refractivity (Wildman–Crippen MR) is 58.2 cm³/mol. The maximum atomic E-state index is 5.91. The number of aryl methyl sites for hydroxylation is 1. The zero-order valence-electron chi connectivity index (χ0n) is 7.92. The van der Waals surface area contributed by atoms with Crippen LogP contribution in [-0.2, 0) is 12.8 Å². The molecule has 0 bridgehead atoms. The zero-order chi connectivity index (χ0) is 9.26. The third-order valence-corrected chi connectivity index (χ3v) is 3.41. The van der Waals surface area contributed by atoms with Gasteiger partial charge in [-0.15, -0.1) is 11.8 Å². The van der Waals surface area contributed by atoms with Crippen LogP contribution in [0.15, 0.2) is 23.1 Å². The lowest BCUT2D eigenvalue weighted by atomic mass is 9.89. The summed E-state index contributed by atoms with van der Waals surface area (Å²) in [5.41, 5.74) is 8.88. The zero-order valence-corrected chi connectivity index (χ0v) is 8.73. The third kappa shape index (κ3) is 1.89. The number of hydrogen-bond donors (Lipinski definition) is 1. The van der Waals surface area contributed by atoms with Gasteiger partial charge in [-0.25, -0.2) is 0 Å². The molecule has 0 aliphatic heterocycles. The average Bonchev–Trinajstić information content (AvgIpc) is 2.17. The van der Waals surface area contributed by atoms with Crippen LogP contribution >= 0.6 is 11.8 Å². The van der Waals surface area contributed by atoms with Gasteiger partial charge in [-0.1, -0.05) is 6.07 Å². The second kappa shape index (κ2) is 3.72. The van der Waals surface area contributed by atoms with E-state index < -0.39 is 0 Å². The van der Waals surface area contributed by atoms with Crippen molar-refractivity contribution in [1.29, 1.82) is 0 Å². The third-order valence-electron chi connectivity index (χ3n) is 2.68. The molecular weight excluding hydrogens is 178 g/mol. The van der Waals surface area contributed by atoms with Crippen LogP contribution in [0.3, 0.4) is 0 Å². The molecule has 1 unspecified atom stereocenters. The molecule has 1 nitrogen and oxygen atoms in total. The van der Waals surface area contributed by atoms with Gasteiger partial charge in [0.1, 0.15) is 0 Å². The van der Waals surface area contributed by atoms with Crippen molar-refractivity contribution in [1.82, 2.24) is 0 Å². The number of hydrogen-bond acceptors (Lipinski definition) is 2. The van der Waals surface area contributed by atoms with E-state index in [0.29, 0.717) is 6.04 Å². The van der Waals surface area contributed by atoms with Crippen molar-refractivity contribution >= 4 is 11.8 Å². The van der Waals surface area contributed by atoms with Crippen molar-refractivity contribution in [2.75, 3.05) is 6.26 Å². The Labute approximate surface area is 83.7 Å². The van der Waals surface area contributed by atoms with E-state index in [9.17, 15) is 0 Å². The van der Waals surface area contributed by atoms with Crippen LogP contribution in [0.4, 0.5) is 0 Å². The largest absolute Gasteiger partial charge is 0.327 e. The first-order chi connectivity index (χ1) is 6.29. The number of rotatable bonds is 1. The maximum absolute atomic E-state index is 5.91. The molecule has 0 heterocycles. The molecule has 0 saturated heterocycles. The highest BCUT2D eigenvalue weighted by Crippen LogP contribution is 2.25. The van der Waals surface area contributed by atoms with Crippen molar-refractivity contribution in [3.05, 3.63) is 29.3 Å². The highest BCUT2D eigenvalue weighted by molar-refractivity contribution is 7.98. The first kappa shape index (κ1) is 9.10. The van der Waals surface area contributed by atoms with E-state index >= 15 is 0 Å². The van der Waals surface area contributed by atoms with Gasteiger partial charge in [0.15, 0.2) is 0 Å². The van der Waals surface area contributed by atoms with Crippen LogP contribution < -0.4 is 5.73 Å². The Hall–Kier alpha value is -0.470. The number of fused-ring (bicyclic) bond motifs is 1. The smallest absolute Gasteiger partial charge is 0.00825 e. The van der Waals surface area contributed by atoms with E-state index in [0.717, 1.165) is 19.3 Å². The van der Waals surface area contributed by atoms with Crippen molar-refractivity contribution in [3.8, 4) is 0 Å².